The number of ether oxygens (including phenoxy) is 1. The lowest BCUT2D eigenvalue weighted by Gasteiger charge is -2.13. The van der Waals surface area contributed by atoms with Crippen LogP contribution in [0.3, 0.4) is 0 Å². The average Bonchev–Trinajstić information content (AvgIpc) is 2.40. The van der Waals surface area contributed by atoms with E-state index in [2.05, 4.69) is 4.98 Å². The van der Waals surface area contributed by atoms with Gasteiger partial charge in [-0.25, -0.2) is 4.98 Å². The molecule has 4 nitrogen and oxygen atoms in total. The first-order valence-electron chi connectivity index (χ1n) is 5.41. The van der Waals surface area contributed by atoms with Crippen molar-refractivity contribution in [1.29, 1.82) is 5.26 Å². The lowest BCUT2D eigenvalue weighted by molar-refractivity contribution is -0.138. The van der Waals surface area contributed by atoms with E-state index in [1.807, 2.05) is 6.07 Å². The zero-order valence-electron chi connectivity index (χ0n) is 9.98. The van der Waals surface area contributed by atoms with Gasteiger partial charge in [-0.15, -0.1) is 0 Å². The van der Waals surface area contributed by atoms with Gasteiger partial charge < -0.3 is 10.5 Å². The van der Waals surface area contributed by atoms with Gasteiger partial charge in [0.05, 0.1) is 17.3 Å². The van der Waals surface area contributed by atoms with Crippen LogP contribution in [0.2, 0.25) is 0 Å². The Morgan fingerprint density at radius 3 is 2.60 bits per heavy atom. The van der Waals surface area contributed by atoms with Gasteiger partial charge in [0, 0.05) is 6.20 Å². The van der Waals surface area contributed by atoms with E-state index in [9.17, 15) is 13.2 Å². The van der Waals surface area contributed by atoms with E-state index in [1.165, 1.54) is 24.4 Å². The number of hydrogen-bond acceptors (Lipinski definition) is 4. The van der Waals surface area contributed by atoms with Gasteiger partial charge in [0.2, 0.25) is 5.88 Å². The van der Waals surface area contributed by atoms with Crippen molar-refractivity contribution in [3.05, 3.63) is 47.7 Å². The van der Waals surface area contributed by atoms with Crippen LogP contribution in [0.1, 0.15) is 11.1 Å². The van der Waals surface area contributed by atoms with Crippen molar-refractivity contribution in [1.82, 2.24) is 4.98 Å². The highest BCUT2D eigenvalue weighted by molar-refractivity contribution is 5.57. The quantitative estimate of drug-likeness (QED) is 0.856. The lowest BCUT2D eigenvalue weighted by atomic mass is 10.2. The Kier molecular flexibility index (Phi) is 3.48. The number of benzene rings is 1. The fourth-order valence-corrected chi connectivity index (χ4v) is 1.50. The predicted molar refractivity (Wildman–Crippen MR) is 64.9 cm³/mol. The molecule has 0 spiro atoms. The van der Waals surface area contributed by atoms with Crippen LogP contribution < -0.4 is 10.5 Å². The fraction of sp³-hybridized carbons (Fsp3) is 0.0769. The van der Waals surface area contributed by atoms with Crippen LogP contribution in [0.15, 0.2) is 36.5 Å². The van der Waals surface area contributed by atoms with Gasteiger partial charge in [0.1, 0.15) is 5.56 Å². The molecule has 2 rings (SSSR count). The summed E-state index contributed by atoms with van der Waals surface area (Å²) in [4.78, 5) is 3.56. The summed E-state index contributed by atoms with van der Waals surface area (Å²) in [7, 11) is 0. The molecule has 1 heterocycles. The lowest BCUT2D eigenvalue weighted by Crippen LogP contribution is -2.08. The molecule has 1 aromatic heterocycles. The van der Waals surface area contributed by atoms with Crippen molar-refractivity contribution in [2.75, 3.05) is 5.73 Å². The Morgan fingerprint density at radius 2 is 2.00 bits per heavy atom. The minimum atomic E-state index is -4.58. The summed E-state index contributed by atoms with van der Waals surface area (Å²) in [5, 5.41) is 8.69. The fourth-order valence-electron chi connectivity index (χ4n) is 1.50. The van der Waals surface area contributed by atoms with Crippen LogP contribution in [-0.4, -0.2) is 4.98 Å². The molecule has 2 N–H and O–H groups in total. The van der Waals surface area contributed by atoms with Crippen molar-refractivity contribution >= 4 is 5.69 Å². The van der Waals surface area contributed by atoms with Gasteiger partial charge in [-0.05, 0) is 30.3 Å². The van der Waals surface area contributed by atoms with Crippen LogP contribution in [0.25, 0.3) is 0 Å². The zero-order valence-corrected chi connectivity index (χ0v) is 9.98. The second-order valence-electron chi connectivity index (χ2n) is 3.82. The van der Waals surface area contributed by atoms with E-state index >= 15 is 0 Å². The van der Waals surface area contributed by atoms with Crippen LogP contribution in [0, 0.1) is 11.3 Å². The van der Waals surface area contributed by atoms with Gasteiger partial charge in [0.15, 0.2) is 5.75 Å². The molecular formula is C13H8F3N3O. The summed E-state index contributed by atoms with van der Waals surface area (Å²) in [6.07, 6.45) is -3.39. The number of rotatable bonds is 2. The second-order valence-corrected chi connectivity index (χ2v) is 3.82. The molecule has 1 aromatic carbocycles. The Hall–Kier alpha value is -2.75. The maximum absolute atomic E-state index is 12.8. The normalized spacial score (nSPS) is 10.9. The second kappa shape index (κ2) is 5.09. The average molecular weight is 279 g/mol. The molecule has 0 atom stereocenters. The minimum Gasteiger partial charge on any atom is -0.436 e. The number of aromatic nitrogens is 1. The number of nitrogen functional groups attached to an aromatic ring is 1. The van der Waals surface area contributed by atoms with Gasteiger partial charge in [-0.1, -0.05) is 0 Å². The summed E-state index contributed by atoms with van der Waals surface area (Å²) in [5.74, 6) is -0.579. The highest BCUT2D eigenvalue weighted by atomic mass is 19.4. The first-order chi connectivity index (χ1) is 9.41. The molecule has 0 amide bonds. The molecule has 2 aromatic rings. The number of pyridine rings is 1. The Morgan fingerprint density at radius 1 is 1.25 bits per heavy atom. The number of hydrogen-bond donors (Lipinski definition) is 1. The third kappa shape index (κ3) is 2.80. The smallest absolute Gasteiger partial charge is 0.421 e. The summed E-state index contributed by atoms with van der Waals surface area (Å²) in [5.41, 5.74) is 4.96. The number of nitrogens with zero attached hydrogens (tertiary/aromatic N) is 2. The molecule has 0 saturated carbocycles. The van der Waals surface area contributed by atoms with E-state index in [0.717, 1.165) is 12.1 Å². The number of anilines is 1. The molecule has 0 saturated heterocycles. The van der Waals surface area contributed by atoms with Gasteiger partial charge in [-0.2, -0.15) is 18.4 Å². The number of halogens is 3. The van der Waals surface area contributed by atoms with Crippen LogP contribution in [0.5, 0.6) is 11.6 Å². The molecule has 0 bridgehead atoms. The van der Waals surface area contributed by atoms with E-state index < -0.39 is 17.6 Å². The summed E-state index contributed by atoms with van der Waals surface area (Å²) in [6.45, 7) is 0. The molecule has 20 heavy (non-hydrogen) atoms. The van der Waals surface area contributed by atoms with E-state index in [-0.39, 0.29) is 17.0 Å². The summed E-state index contributed by atoms with van der Waals surface area (Å²) >= 11 is 0. The van der Waals surface area contributed by atoms with Crippen molar-refractivity contribution in [3.63, 3.8) is 0 Å². The Bertz CT molecular complexity index is 677. The molecule has 0 fully saturated rings. The first kappa shape index (κ1) is 13.7. The first-order valence-corrected chi connectivity index (χ1v) is 5.41. The number of alkyl halides is 3. The molecular weight excluding hydrogens is 271 g/mol. The number of nitrogens with two attached hydrogens (primary N) is 1. The third-order valence-corrected chi connectivity index (χ3v) is 2.42. The van der Waals surface area contributed by atoms with Gasteiger partial charge >= 0.3 is 6.18 Å². The predicted octanol–water partition coefficient (Wildman–Crippen LogP) is 3.35. The summed E-state index contributed by atoms with van der Waals surface area (Å²) < 4.78 is 43.4. The number of nitriles is 1. The van der Waals surface area contributed by atoms with E-state index in [0.29, 0.717) is 0 Å². The van der Waals surface area contributed by atoms with Crippen molar-refractivity contribution in [2.45, 2.75) is 6.18 Å². The van der Waals surface area contributed by atoms with Crippen molar-refractivity contribution in [3.8, 4) is 17.7 Å². The molecule has 0 aliphatic rings. The standard InChI is InChI=1S/C13H8F3N3O/c14-13(15,16)9-2-1-5-19-12(9)20-11-4-3-8(7-17)6-10(11)18/h1-6H,18H2. The third-order valence-electron chi connectivity index (χ3n) is 2.42. The van der Waals surface area contributed by atoms with Crippen LogP contribution in [0.4, 0.5) is 18.9 Å². The van der Waals surface area contributed by atoms with Crippen LogP contribution >= 0.6 is 0 Å². The maximum atomic E-state index is 12.8. The molecule has 0 radical (unpaired) electrons. The van der Waals surface area contributed by atoms with E-state index in [1.54, 1.807) is 0 Å². The molecule has 7 heteroatoms. The van der Waals surface area contributed by atoms with E-state index in [4.69, 9.17) is 15.7 Å². The monoisotopic (exact) mass is 279 g/mol. The highest BCUT2D eigenvalue weighted by Gasteiger charge is 2.35. The topological polar surface area (TPSA) is 71.9 Å². The molecule has 102 valence electrons. The van der Waals surface area contributed by atoms with Crippen molar-refractivity contribution in [2.24, 2.45) is 0 Å². The van der Waals surface area contributed by atoms with Crippen molar-refractivity contribution < 1.29 is 17.9 Å². The molecule has 0 aliphatic carbocycles. The zero-order chi connectivity index (χ0) is 14.8. The Balaban J connectivity index is 2.39. The molecule has 0 unspecified atom stereocenters. The highest BCUT2D eigenvalue weighted by Crippen LogP contribution is 2.37. The summed E-state index contributed by atoms with van der Waals surface area (Å²) in [6, 6.07) is 7.92. The minimum absolute atomic E-state index is 0.00759. The van der Waals surface area contributed by atoms with Gasteiger partial charge in [-0.3, -0.25) is 0 Å². The maximum Gasteiger partial charge on any atom is 0.421 e. The van der Waals surface area contributed by atoms with Gasteiger partial charge in [0.25, 0.3) is 0 Å². The molecule has 0 aliphatic heterocycles. The Labute approximate surface area is 112 Å². The van der Waals surface area contributed by atoms with Crippen LogP contribution in [-0.2, 0) is 6.18 Å². The largest absolute Gasteiger partial charge is 0.436 e. The SMILES string of the molecule is N#Cc1ccc(Oc2ncccc2C(F)(F)F)c(N)c1.